The molecule has 0 bridgehead atoms. The molecule has 0 aromatic heterocycles. The van der Waals surface area contributed by atoms with Gasteiger partial charge in [-0.15, -0.1) is 0 Å². The van der Waals surface area contributed by atoms with Crippen molar-refractivity contribution >= 4 is 27.6 Å². The number of esters is 1. The van der Waals surface area contributed by atoms with E-state index in [2.05, 4.69) is 4.72 Å². The summed E-state index contributed by atoms with van der Waals surface area (Å²) in [6.45, 7) is 5.92. The Morgan fingerprint density at radius 1 is 0.971 bits per heavy atom. The van der Waals surface area contributed by atoms with Crippen LogP contribution in [-0.4, -0.2) is 76.5 Å². The monoisotopic (exact) mass is 491 g/mol. The van der Waals surface area contributed by atoms with Crippen molar-refractivity contribution in [2.45, 2.75) is 31.3 Å². The molecule has 10 heteroatoms. The maximum Gasteiger partial charge on any atom is 0.326 e. The van der Waals surface area contributed by atoms with Gasteiger partial charge in [-0.1, -0.05) is 12.1 Å². The van der Waals surface area contributed by atoms with Crippen molar-refractivity contribution in [2.24, 2.45) is 0 Å². The number of benzene rings is 2. The molecule has 0 aliphatic carbocycles. The molecule has 0 aliphatic heterocycles. The van der Waals surface area contributed by atoms with Gasteiger partial charge in [-0.2, -0.15) is 0 Å². The Morgan fingerprint density at radius 2 is 1.59 bits per heavy atom. The number of hydrogen-bond donors (Lipinski definition) is 1. The van der Waals surface area contributed by atoms with E-state index >= 15 is 0 Å². The van der Waals surface area contributed by atoms with Gasteiger partial charge in [0.25, 0.3) is 15.9 Å². The molecule has 0 radical (unpaired) electrons. The summed E-state index contributed by atoms with van der Waals surface area (Å²) in [5, 5.41) is 0. The minimum Gasteiger partial charge on any atom is -0.495 e. The Balaban J connectivity index is 2.21. The van der Waals surface area contributed by atoms with E-state index in [4.69, 9.17) is 9.47 Å². The molecule has 2 aromatic rings. The van der Waals surface area contributed by atoms with Crippen molar-refractivity contribution in [2.75, 3.05) is 45.6 Å². The van der Waals surface area contributed by atoms with Gasteiger partial charge in [-0.05, 0) is 71.3 Å². The maximum absolute atomic E-state index is 13.1. The lowest BCUT2D eigenvalue weighted by Gasteiger charge is -2.26. The van der Waals surface area contributed by atoms with Crippen LogP contribution < -0.4 is 9.46 Å². The van der Waals surface area contributed by atoms with Crippen LogP contribution >= 0.6 is 0 Å². The number of para-hydroxylation sites is 2. The Hall–Kier alpha value is -3.11. The number of carbonyl (C=O) groups is 2. The largest absolute Gasteiger partial charge is 0.495 e. The molecule has 2 aromatic carbocycles. The first-order valence-electron chi connectivity index (χ1n) is 10.7. The van der Waals surface area contributed by atoms with E-state index in [-0.39, 0.29) is 17.0 Å². The van der Waals surface area contributed by atoms with Crippen LogP contribution in [0.1, 0.15) is 31.1 Å². The Kier molecular flexibility index (Phi) is 9.06. The van der Waals surface area contributed by atoms with Crippen molar-refractivity contribution < 1.29 is 27.5 Å². The molecule has 9 nitrogen and oxygen atoms in total. The van der Waals surface area contributed by atoms with Gasteiger partial charge in [0, 0.05) is 18.7 Å². The third kappa shape index (κ3) is 8.03. The fourth-order valence-corrected chi connectivity index (χ4v) is 4.07. The summed E-state index contributed by atoms with van der Waals surface area (Å²) in [4.78, 5) is 28.7. The van der Waals surface area contributed by atoms with E-state index in [0.717, 1.165) is 0 Å². The molecular weight excluding hydrogens is 458 g/mol. The second kappa shape index (κ2) is 11.3. The number of nitrogens with one attached hydrogen (secondary N) is 1. The summed E-state index contributed by atoms with van der Waals surface area (Å²) < 4.78 is 38.7. The lowest BCUT2D eigenvalue weighted by Crippen LogP contribution is -2.42. The number of ether oxygens (including phenoxy) is 2. The third-order valence-corrected chi connectivity index (χ3v) is 5.99. The highest BCUT2D eigenvalue weighted by molar-refractivity contribution is 7.92. The fraction of sp³-hybridized carbons (Fsp3) is 0.417. The first-order valence-corrected chi connectivity index (χ1v) is 12.2. The summed E-state index contributed by atoms with van der Waals surface area (Å²) in [5.41, 5.74) is -0.103. The lowest BCUT2D eigenvalue weighted by atomic mass is 10.2. The SMILES string of the molecule is COc1ccccc1NS(=O)(=O)c1ccc(C(=O)N(CCN(C)C)CC(=O)OC(C)(C)C)cc1. The van der Waals surface area contributed by atoms with Crippen molar-refractivity contribution in [1.82, 2.24) is 9.80 Å². The molecule has 0 heterocycles. The van der Waals surface area contributed by atoms with E-state index in [0.29, 0.717) is 24.5 Å². The molecule has 186 valence electrons. The van der Waals surface area contributed by atoms with Crippen LogP contribution in [0.25, 0.3) is 0 Å². The standard InChI is InChI=1S/C24H33N3O6S/c1-24(2,3)33-22(28)17-27(16-15-26(4)5)23(29)18-11-13-19(14-12-18)34(30,31)25-20-9-7-8-10-21(20)32-6/h7-14,25H,15-17H2,1-6H3. The van der Waals surface area contributed by atoms with E-state index in [1.54, 1.807) is 45.0 Å². The Labute approximate surface area is 201 Å². The molecular formula is C24H33N3O6S. The highest BCUT2D eigenvalue weighted by Crippen LogP contribution is 2.26. The lowest BCUT2D eigenvalue weighted by molar-refractivity contribution is -0.155. The van der Waals surface area contributed by atoms with E-state index < -0.39 is 27.5 Å². The van der Waals surface area contributed by atoms with Crippen molar-refractivity contribution in [1.29, 1.82) is 0 Å². The fourth-order valence-electron chi connectivity index (χ4n) is 2.99. The van der Waals surface area contributed by atoms with Crippen LogP contribution in [0, 0.1) is 0 Å². The number of likely N-dealkylation sites (N-methyl/N-ethyl adjacent to an activating group) is 1. The van der Waals surface area contributed by atoms with Gasteiger partial charge in [0.2, 0.25) is 0 Å². The van der Waals surface area contributed by atoms with Crippen LogP contribution in [-0.2, 0) is 19.6 Å². The molecule has 0 fully saturated rings. The topological polar surface area (TPSA) is 105 Å². The molecule has 0 atom stereocenters. The predicted molar refractivity (Wildman–Crippen MR) is 131 cm³/mol. The van der Waals surface area contributed by atoms with Crippen molar-refractivity contribution in [3.8, 4) is 5.75 Å². The highest BCUT2D eigenvalue weighted by Gasteiger charge is 2.24. The molecule has 0 aliphatic rings. The number of sulfonamides is 1. The minimum atomic E-state index is -3.91. The zero-order valence-corrected chi connectivity index (χ0v) is 21.3. The molecule has 0 unspecified atom stereocenters. The molecule has 2 rings (SSSR count). The number of rotatable bonds is 10. The average molecular weight is 492 g/mol. The molecule has 0 spiro atoms. The number of carbonyl (C=O) groups excluding carboxylic acids is 2. The molecule has 1 amide bonds. The first kappa shape index (κ1) is 27.1. The summed E-state index contributed by atoms with van der Waals surface area (Å²) in [6, 6.07) is 12.2. The van der Waals surface area contributed by atoms with Crippen LogP contribution in [0.15, 0.2) is 53.4 Å². The highest BCUT2D eigenvalue weighted by atomic mass is 32.2. The van der Waals surface area contributed by atoms with Crippen LogP contribution in [0.5, 0.6) is 5.75 Å². The molecule has 0 saturated heterocycles. The third-order valence-electron chi connectivity index (χ3n) is 4.61. The van der Waals surface area contributed by atoms with Gasteiger partial charge in [0.05, 0.1) is 17.7 Å². The van der Waals surface area contributed by atoms with Crippen molar-refractivity contribution in [3.05, 3.63) is 54.1 Å². The average Bonchev–Trinajstić information content (AvgIpc) is 2.75. The molecule has 1 N–H and O–H groups in total. The minimum absolute atomic E-state index is 0.0121. The quantitative estimate of drug-likeness (QED) is 0.510. The second-order valence-corrected chi connectivity index (χ2v) is 10.6. The van der Waals surface area contributed by atoms with E-state index in [1.807, 2.05) is 19.0 Å². The summed E-state index contributed by atoms with van der Waals surface area (Å²) in [6.07, 6.45) is 0. The Bertz CT molecular complexity index is 1090. The van der Waals surface area contributed by atoms with Crippen molar-refractivity contribution in [3.63, 3.8) is 0 Å². The molecule has 34 heavy (non-hydrogen) atoms. The van der Waals surface area contributed by atoms with Gasteiger partial charge in [0.1, 0.15) is 17.9 Å². The maximum atomic E-state index is 13.1. The number of nitrogens with zero attached hydrogens (tertiary/aromatic N) is 2. The van der Waals surface area contributed by atoms with Crippen LogP contribution in [0.3, 0.4) is 0 Å². The summed E-state index contributed by atoms with van der Waals surface area (Å²) in [5.74, 6) is -0.522. The van der Waals surface area contributed by atoms with Gasteiger partial charge in [-0.25, -0.2) is 8.42 Å². The van der Waals surface area contributed by atoms with Crippen LogP contribution in [0.4, 0.5) is 5.69 Å². The normalized spacial score (nSPS) is 11.7. The molecule has 0 saturated carbocycles. The summed E-state index contributed by atoms with van der Waals surface area (Å²) in [7, 11) is 1.28. The zero-order valence-electron chi connectivity index (χ0n) is 20.5. The smallest absolute Gasteiger partial charge is 0.326 e. The number of methoxy groups -OCH3 is 1. The van der Waals surface area contributed by atoms with Gasteiger partial charge in [0.15, 0.2) is 0 Å². The number of hydrogen-bond acceptors (Lipinski definition) is 7. The van der Waals surface area contributed by atoms with Gasteiger partial charge >= 0.3 is 5.97 Å². The van der Waals surface area contributed by atoms with Gasteiger partial charge in [-0.3, -0.25) is 14.3 Å². The zero-order chi connectivity index (χ0) is 25.5. The first-order chi connectivity index (χ1) is 15.8. The van der Waals surface area contributed by atoms with E-state index in [9.17, 15) is 18.0 Å². The predicted octanol–water partition coefficient (Wildman–Crippen LogP) is 2.84. The summed E-state index contributed by atoms with van der Waals surface area (Å²) >= 11 is 0. The number of amides is 1. The van der Waals surface area contributed by atoms with E-state index in [1.165, 1.54) is 36.3 Å². The second-order valence-electron chi connectivity index (χ2n) is 8.95. The Morgan fingerprint density at radius 3 is 2.15 bits per heavy atom. The van der Waals surface area contributed by atoms with Gasteiger partial charge < -0.3 is 19.3 Å². The number of anilines is 1. The van der Waals surface area contributed by atoms with Crippen LogP contribution in [0.2, 0.25) is 0 Å².